The van der Waals surface area contributed by atoms with Crippen molar-refractivity contribution in [1.82, 2.24) is 9.88 Å². The summed E-state index contributed by atoms with van der Waals surface area (Å²) in [6.07, 6.45) is 6.90. The topological polar surface area (TPSA) is 76.8 Å². The molecule has 1 saturated heterocycles. The second-order valence-electron chi connectivity index (χ2n) is 11.8. The van der Waals surface area contributed by atoms with Gasteiger partial charge in [-0.3, -0.25) is 9.88 Å². The number of aromatic nitrogens is 1. The molecule has 1 atom stereocenters. The van der Waals surface area contributed by atoms with Crippen LogP contribution >= 0.6 is 11.6 Å². The van der Waals surface area contributed by atoms with Gasteiger partial charge in [-0.1, -0.05) is 42.3 Å². The molecule has 6 rings (SSSR count). The summed E-state index contributed by atoms with van der Waals surface area (Å²) in [5.41, 5.74) is 7.83. The summed E-state index contributed by atoms with van der Waals surface area (Å²) < 4.78 is 24.5. The van der Waals surface area contributed by atoms with Gasteiger partial charge >= 0.3 is 0 Å². The van der Waals surface area contributed by atoms with Gasteiger partial charge in [0.15, 0.2) is 11.5 Å². The van der Waals surface area contributed by atoms with Crippen LogP contribution in [-0.4, -0.2) is 35.7 Å². The van der Waals surface area contributed by atoms with Crippen LogP contribution in [0.2, 0.25) is 5.02 Å². The summed E-state index contributed by atoms with van der Waals surface area (Å²) in [4.78, 5) is 6.66. The number of benzene rings is 3. The van der Waals surface area contributed by atoms with Gasteiger partial charge < -0.3 is 18.9 Å². The molecule has 2 aliphatic rings. The molecule has 8 heteroatoms. The number of nitrogens with zero attached hydrogens (tertiary/aromatic N) is 3. The van der Waals surface area contributed by atoms with Gasteiger partial charge in [-0.2, -0.15) is 5.26 Å². The van der Waals surface area contributed by atoms with E-state index < -0.39 is 0 Å². The lowest BCUT2D eigenvalue weighted by Crippen LogP contribution is -2.36. The Morgan fingerprint density at radius 2 is 1.76 bits per heavy atom. The minimum Gasteiger partial charge on any atom is -0.488 e. The van der Waals surface area contributed by atoms with Crippen LogP contribution in [0.5, 0.6) is 23.0 Å². The molecule has 7 nitrogen and oxygen atoms in total. The minimum absolute atomic E-state index is 0.280. The van der Waals surface area contributed by atoms with Gasteiger partial charge in [-0.05, 0) is 80.6 Å². The summed E-state index contributed by atoms with van der Waals surface area (Å²) >= 11 is 6.86. The molecular weight excluding hydrogens is 586 g/mol. The third-order valence-electron chi connectivity index (χ3n) is 8.82. The highest BCUT2D eigenvalue weighted by atomic mass is 35.5. The fraction of sp³-hybridized carbons (Fsp3) is 0.351. The second kappa shape index (κ2) is 13.8. The molecule has 232 valence electrons. The third kappa shape index (κ3) is 6.88. The predicted octanol–water partition coefficient (Wildman–Crippen LogP) is 8.19. The summed E-state index contributed by atoms with van der Waals surface area (Å²) in [7, 11) is 0. The predicted molar refractivity (Wildman–Crippen MR) is 175 cm³/mol. The number of hydrogen-bond acceptors (Lipinski definition) is 7. The van der Waals surface area contributed by atoms with E-state index in [9.17, 15) is 5.26 Å². The monoisotopic (exact) mass is 623 g/mol. The lowest BCUT2D eigenvalue weighted by Gasteiger charge is -2.33. The molecule has 0 aliphatic carbocycles. The van der Waals surface area contributed by atoms with E-state index in [-0.39, 0.29) is 6.61 Å². The van der Waals surface area contributed by atoms with Crippen LogP contribution in [0.3, 0.4) is 0 Å². The van der Waals surface area contributed by atoms with Gasteiger partial charge in [0.25, 0.3) is 0 Å². The zero-order chi connectivity index (χ0) is 31.3. The number of piperidine rings is 1. The Morgan fingerprint density at radius 1 is 0.933 bits per heavy atom. The molecule has 4 aromatic rings. The number of nitriles is 1. The first-order valence-electron chi connectivity index (χ1n) is 15.6. The standard InChI is InChI=1S/C37H38ClN3O4/c1-24-7-4-5-12-41(24)21-30-16-33(38)36(17-35(30)44-22-28-15-27(18-39)19-40-20-28)45-23-29-8-6-9-31(25(29)2)32-10-11-34-37(26(32)3)43-14-13-42-34/h6,8-11,15-17,19-20,24H,4-5,7,12-14,21-23H2,1-3H3/t24-/m1/s1. The highest BCUT2D eigenvalue weighted by Crippen LogP contribution is 2.41. The lowest BCUT2D eigenvalue weighted by atomic mass is 9.93. The first-order valence-corrected chi connectivity index (χ1v) is 15.9. The summed E-state index contributed by atoms with van der Waals surface area (Å²) in [5, 5.41) is 9.85. The largest absolute Gasteiger partial charge is 0.488 e. The van der Waals surface area contributed by atoms with Crippen LogP contribution < -0.4 is 18.9 Å². The van der Waals surface area contributed by atoms with Crippen molar-refractivity contribution < 1.29 is 18.9 Å². The van der Waals surface area contributed by atoms with Gasteiger partial charge in [0.1, 0.15) is 44.0 Å². The average Bonchev–Trinajstić information content (AvgIpc) is 3.06. The minimum atomic E-state index is 0.280. The molecular formula is C37H38ClN3O4. The molecule has 0 bridgehead atoms. The van der Waals surface area contributed by atoms with Crippen molar-refractivity contribution >= 4 is 11.6 Å². The maximum atomic E-state index is 9.30. The van der Waals surface area contributed by atoms with E-state index in [4.69, 9.17) is 30.5 Å². The summed E-state index contributed by atoms with van der Waals surface area (Å²) in [6, 6.07) is 18.7. The first kappa shape index (κ1) is 30.8. The Morgan fingerprint density at radius 3 is 2.60 bits per heavy atom. The smallest absolute Gasteiger partial charge is 0.164 e. The number of pyridine rings is 1. The molecule has 0 saturated carbocycles. The molecule has 0 radical (unpaired) electrons. The van der Waals surface area contributed by atoms with Crippen molar-refractivity contribution in [2.75, 3.05) is 19.8 Å². The van der Waals surface area contributed by atoms with Gasteiger partial charge in [-0.25, -0.2) is 0 Å². The number of rotatable bonds is 9. The highest BCUT2D eigenvalue weighted by Gasteiger charge is 2.22. The fourth-order valence-corrected chi connectivity index (χ4v) is 6.42. The normalized spacial score (nSPS) is 16.2. The Balaban J connectivity index is 1.25. The zero-order valence-corrected chi connectivity index (χ0v) is 26.8. The third-order valence-corrected chi connectivity index (χ3v) is 9.12. The van der Waals surface area contributed by atoms with Crippen molar-refractivity contribution in [2.45, 2.75) is 65.8 Å². The van der Waals surface area contributed by atoms with E-state index in [1.54, 1.807) is 18.5 Å². The highest BCUT2D eigenvalue weighted by molar-refractivity contribution is 6.32. The Labute approximate surface area is 270 Å². The van der Waals surface area contributed by atoms with E-state index in [0.29, 0.717) is 47.9 Å². The number of halogens is 1. The summed E-state index contributed by atoms with van der Waals surface area (Å²) in [6.45, 7) is 10.00. The maximum absolute atomic E-state index is 9.30. The Hall–Kier alpha value is -4.25. The molecule has 0 spiro atoms. The van der Waals surface area contributed by atoms with E-state index >= 15 is 0 Å². The van der Waals surface area contributed by atoms with E-state index in [0.717, 1.165) is 63.5 Å². The van der Waals surface area contributed by atoms with Crippen molar-refractivity contribution in [3.8, 4) is 40.2 Å². The molecule has 1 aromatic heterocycles. The fourth-order valence-electron chi connectivity index (χ4n) is 6.18. The molecule has 3 aromatic carbocycles. The second-order valence-corrected chi connectivity index (χ2v) is 12.2. The summed E-state index contributed by atoms with van der Waals surface area (Å²) in [5.74, 6) is 2.88. The Kier molecular flexibility index (Phi) is 9.44. The maximum Gasteiger partial charge on any atom is 0.164 e. The number of likely N-dealkylation sites (tertiary alicyclic amines) is 1. The number of fused-ring (bicyclic) bond motifs is 1. The van der Waals surface area contributed by atoms with Crippen LogP contribution in [-0.2, 0) is 19.8 Å². The van der Waals surface area contributed by atoms with Crippen LogP contribution in [0.1, 0.15) is 59.6 Å². The SMILES string of the molecule is Cc1c(COc2cc(OCc3cncc(C#N)c3)c(CN3CCCC[C@H]3C)cc2Cl)cccc1-c1ccc2c(c1C)OCCO2. The molecule has 0 N–H and O–H groups in total. The van der Waals surface area contributed by atoms with Crippen molar-refractivity contribution in [3.05, 3.63) is 99.3 Å². The van der Waals surface area contributed by atoms with Gasteiger partial charge in [0, 0.05) is 47.7 Å². The van der Waals surface area contributed by atoms with Gasteiger partial charge in [-0.15, -0.1) is 0 Å². The first-order chi connectivity index (χ1) is 21.9. The molecule has 45 heavy (non-hydrogen) atoms. The van der Waals surface area contributed by atoms with Crippen LogP contribution in [0.25, 0.3) is 11.1 Å². The quantitative estimate of drug-likeness (QED) is 0.186. The molecule has 3 heterocycles. The van der Waals surface area contributed by atoms with Crippen LogP contribution in [0, 0.1) is 25.2 Å². The van der Waals surface area contributed by atoms with Gasteiger partial charge in [0.2, 0.25) is 0 Å². The van der Waals surface area contributed by atoms with Crippen LogP contribution in [0.4, 0.5) is 0 Å². The van der Waals surface area contributed by atoms with E-state index in [1.807, 2.05) is 18.2 Å². The zero-order valence-electron chi connectivity index (χ0n) is 26.1. The van der Waals surface area contributed by atoms with Crippen LogP contribution in [0.15, 0.2) is 60.9 Å². The average molecular weight is 624 g/mol. The van der Waals surface area contributed by atoms with Gasteiger partial charge in [0.05, 0.1) is 10.6 Å². The van der Waals surface area contributed by atoms with E-state index in [2.05, 4.69) is 61.0 Å². The molecule has 0 unspecified atom stereocenters. The van der Waals surface area contributed by atoms with Crippen molar-refractivity contribution in [2.24, 2.45) is 0 Å². The number of ether oxygens (including phenoxy) is 4. The Bertz CT molecular complexity index is 1730. The molecule has 0 amide bonds. The number of hydrogen-bond donors (Lipinski definition) is 0. The lowest BCUT2D eigenvalue weighted by molar-refractivity contribution is 0.150. The molecule has 1 fully saturated rings. The van der Waals surface area contributed by atoms with Crippen molar-refractivity contribution in [3.63, 3.8) is 0 Å². The molecule has 2 aliphatic heterocycles. The van der Waals surface area contributed by atoms with E-state index in [1.165, 1.54) is 19.3 Å². The van der Waals surface area contributed by atoms with Crippen molar-refractivity contribution in [1.29, 1.82) is 5.26 Å².